The third-order valence-electron chi connectivity index (χ3n) is 5.09. The van der Waals surface area contributed by atoms with E-state index in [4.69, 9.17) is 4.74 Å². The molecule has 2 aliphatic rings. The zero-order valence-corrected chi connectivity index (χ0v) is 15.8. The fraction of sp³-hybridized carbons (Fsp3) is 0.333. The molecule has 0 bridgehead atoms. The number of nitrogens with one attached hydrogen (secondary N) is 1. The molecule has 1 fully saturated rings. The molecule has 2 unspecified atom stereocenters. The number of rotatable bonds is 5. The van der Waals surface area contributed by atoms with E-state index < -0.39 is 5.66 Å². The number of nitrogens with zero attached hydrogens (tertiary/aromatic N) is 4. The van der Waals surface area contributed by atoms with Crippen LogP contribution in [0.4, 0.5) is 0 Å². The number of piperazine rings is 1. The summed E-state index contributed by atoms with van der Waals surface area (Å²) in [5.74, 6) is 0.592. The predicted octanol–water partition coefficient (Wildman–Crippen LogP) is 2.52. The van der Waals surface area contributed by atoms with Crippen LogP contribution in [0.3, 0.4) is 0 Å². The van der Waals surface area contributed by atoms with Gasteiger partial charge in [0.15, 0.2) is 6.61 Å². The molecule has 1 amide bonds. The standard InChI is InChI=1S/C21H23N5O2/c1-16-6-5-7-17(12-16)21(23-15-24-25-21)19-13-22-10-11-26(19)20(27)14-28-18-8-3-2-4-9-18/h2-9,12,15,19,22H,10-11,13-14H2,1H3. The fourth-order valence-corrected chi connectivity index (χ4v) is 3.71. The highest BCUT2D eigenvalue weighted by Gasteiger charge is 2.48. The molecule has 0 aliphatic carbocycles. The Bertz CT molecular complexity index is 885. The summed E-state index contributed by atoms with van der Waals surface area (Å²) in [5.41, 5.74) is 1.12. The molecule has 1 saturated heterocycles. The number of carbonyl (C=O) groups excluding carboxylic acids is 1. The highest BCUT2D eigenvalue weighted by atomic mass is 16.5. The Balaban J connectivity index is 1.59. The van der Waals surface area contributed by atoms with E-state index in [0.717, 1.165) is 17.7 Å². The van der Waals surface area contributed by atoms with Crippen molar-refractivity contribution in [3.05, 3.63) is 65.7 Å². The fourth-order valence-electron chi connectivity index (χ4n) is 3.71. The van der Waals surface area contributed by atoms with Gasteiger partial charge in [-0.05, 0) is 19.1 Å². The second-order valence-electron chi connectivity index (χ2n) is 6.96. The molecule has 0 radical (unpaired) electrons. The number of aliphatic imine (C=N–C) groups is 1. The predicted molar refractivity (Wildman–Crippen MR) is 107 cm³/mol. The van der Waals surface area contributed by atoms with Crippen molar-refractivity contribution in [2.45, 2.75) is 18.6 Å². The van der Waals surface area contributed by atoms with E-state index in [1.807, 2.05) is 60.4 Å². The number of benzene rings is 2. The maximum atomic E-state index is 13.0. The highest BCUT2D eigenvalue weighted by molar-refractivity contribution is 5.78. The third-order valence-corrected chi connectivity index (χ3v) is 5.09. The van der Waals surface area contributed by atoms with E-state index in [-0.39, 0.29) is 18.6 Å². The van der Waals surface area contributed by atoms with Gasteiger partial charge in [-0.1, -0.05) is 48.0 Å². The van der Waals surface area contributed by atoms with Crippen molar-refractivity contribution in [2.75, 3.05) is 26.2 Å². The second-order valence-corrected chi connectivity index (χ2v) is 6.96. The number of aryl methyl sites for hydroxylation is 1. The van der Waals surface area contributed by atoms with Crippen LogP contribution in [0.1, 0.15) is 11.1 Å². The van der Waals surface area contributed by atoms with Gasteiger partial charge in [-0.3, -0.25) is 4.79 Å². The van der Waals surface area contributed by atoms with Gasteiger partial charge in [-0.25, -0.2) is 4.99 Å². The molecule has 2 aromatic carbocycles. The van der Waals surface area contributed by atoms with Gasteiger partial charge in [-0.15, -0.1) is 10.2 Å². The Morgan fingerprint density at radius 2 is 2.11 bits per heavy atom. The number of hydrogen-bond donors (Lipinski definition) is 1. The molecule has 2 aliphatic heterocycles. The number of amides is 1. The highest BCUT2D eigenvalue weighted by Crippen LogP contribution is 2.38. The minimum Gasteiger partial charge on any atom is -0.484 e. The molecule has 1 N–H and O–H groups in total. The third kappa shape index (κ3) is 3.53. The van der Waals surface area contributed by atoms with Crippen molar-refractivity contribution in [1.29, 1.82) is 0 Å². The first-order chi connectivity index (χ1) is 13.7. The van der Waals surface area contributed by atoms with Crippen LogP contribution < -0.4 is 10.1 Å². The lowest BCUT2D eigenvalue weighted by Gasteiger charge is -2.42. The first kappa shape index (κ1) is 18.3. The van der Waals surface area contributed by atoms with Crippen LogP contribution in [0.5, 0.6) is 5.75 Å². The summed E-state index contributed by atoms with van der Waals surface area (Å²) in [5, 5.41) is 11.9. The summed E-state index contributed by atoms with van der Waals surface area (Å²) < 4.78 is 5.69. The summed E-state index contributed by atoms with van der Waals surface area (Å²) in [6.45, 7) is 3.88. The maximum Gasteiger partial charge on any atom is 0.261 e. The molecule has 28 heavy (non-hydrogen) atoms. The SMILES string of the molecule is Cc1cccc(C2(C3CNCCN3C(=O)COc3ccccc3)N=CN=N2)c1. The first-order valence-electron chi connectivity index (χ1n) is 9.40. The first-order valence-corrected chi connectivity index (χ1v) is 9.40. The van der Waals surface area contributed by atoms with Crippen LogP contribution >= 0.6 is 0 Å². The molecule has 2 aromatic rings. The van der Waals surface area contributed by atoms with E-state index >= 15 is 0 Å². The van der Waals surface area contributed by atoms with Gasteiger partial charge >= 0.3 is 0 Å². The van der Waals surface area contributed by atoms with Gasteiger partial charge in [-0.2, -0.15) is 0 Å². The summed E-state index contributed by atoms with van der Waals surface area (Å²) in [6.07, 6.45) is 1.47. The average molecular weight is 377 g/mol. The van der Waals surface area contributed by atoms with E-state index in [1.54, 1.807) is 0 Å². The summed E-state index contributed by atoms with van der Waals surface area (Å²) in [6, 6.07) is 17.1. The second kappa shape index (κ2) is 7.90. The van der Waals surface area contributed by atoms with E-state index in [9.17, 15) is 4.79 Å². The van der Waals surface area contributed by atoms with Crippen molar-refractivity contribution in [1.82, 2.24) is 10.2 Å². The van der Waals surface area contributed by atoms with Crippen LogP contribution in [0.15, 0.2) is 69.8 Å². The van der Waals surface area contributed by atoms with Gasteiger partial charge in [0.25, 0.3) is 5.91 Å². The Kier molecular flexibility index (Phi) is 5.16. The van der Waals surface area contributed by atoms with Gasteiger partial charge in [0.2, 0.25) is 5.66 Å². The van der Waals surface area contributed by atoms with Crippen molar-refractivity contribution < 1.29 is 9.53 Å². The molecule has 7 nitrogen and oxygen atoms in total. The Labute approximate surface area is 164 Å². The Hall–Kier alpha value is -3.06. The van der Waals surface area contributed by atoms with Crippen LogP contribution in [0.25, 0.3) is 0 Å². The Morgan fingerprint density at radius 1 is 1.25 bits per heavy atom. The molecule has 0 aromatic heterocycles. The minimum atomic E-state index is -0.929. The Morgan fingerprint density at radius 3 is 2.86 bits per heavy atom. The normalized spacial score (nSPS) is 23.8. The van der Waals surface area contributed by atoms with Crippen molar-refractivity contribution in [3.63, 3.8) is 0 Å². The lowest BCUT2D eigenvalue weighted by Crippen LogP contribution is -2.61. The van der Waals surface area contributed by atoms with Crippen molar-refractivity contribution in [3.8, 4) is 5.75 Å². The molecule has 0 spiro atoms. The van der Waals surface area contributed by atoms with Gasteiger partial charge < -0.3 is 15.0 Å². The molecule has 0 saturated carbocycles. The molecule has 7 heteroatoms. The van der Waals surface area contributed by atoms with Crippen LogP contribution in [-0.4, -0.2) is 49.4 Å². The van der Waals surface area contributed by atoms with E-state index in [2.05, 4.69) is 26.6 Å². The zero-order chi connectivity index (χ0) is 19.4. The van der Waals surface area contributed by atoms with Gasteiger partial charge in [0.1, 0.15) is 12.1 Å². The van der Waals surface area contributed by atoms with E-state index in [1.165, 1.54) is 6.34 Å². The quantitative estimate of drug-likeness (QED) is 0.870. The largest absolute Gasteiger partial charge is 0.484 e. The number of ether oxygens (including phenoxy) is 1. The molecule has 2 heterocycles. The molecular formula is C21H23N5O2. The van der Waals surface area contributed by atoms with Crippen molar-refractivity contribution in [2.24, 2.45) is 15.2 Å². The van der Waals surface area contributed by atoms with Gasteiger partial charge in [0.05, 0.1) is 6.04 Å². The topological polar surface area (TPSA) is 78.7 Å². The van der Waals surface area contributed by atoms with Crippen LogP contribution in [0, 0.1) is 6.92 Å². The number of carbonyl (C=O) groups is 1. The average Bonchev–Trinajstić information content (AvgIpc) is 3.24. The smallest absolute Gasteiger partial charge is 0.261 e. The summed E-state index contributed by atoms with van der Waals surface area (Å²) in [7, 11) is 0. The molecule has 144 valence electrons. The van der Waals surface area contributed by atoms with Crippen molar-refractivity contribution >= 4 is 12.2 Å². The molecule has 2 atom stereocenters. The zero-order valence-electron chi connectivity index (χ0n) is 15.8. The minimum absolute atomic E-state index is 0.0226. The lowest BCUT2D eigenvalue weighted by molar-refractivity contribution is -0.138. The van der Waals surface area contributed by atoms with Crippen LogP contribution in [0.2, 0.25) is 0 Å². The number of para-hydroxylation sites is 1. The maximum absolute atomic E-state index is 13.0. The number of hydrogen-bond acceptors (Lipinski definition) is 6. The monoisotopic (exact) mass is 377 g/mol. The van der Waals surface area contributed by atoms with Gasteiger partial charge in [0, 0.05) is 25.2 Å². The summed E-state index contributed by atoms with van der Waals surface area (Å²) in [4.78, 5) is 19.5. The lowest BCUT2D eigenvalue weighted by atomic mass is 9.89. The summed E-state index contributed by atoms with van der Waals surface area (Å²) >= 11 is 0. The van der Waals surface area contributed by atoms with Crippen LogP contribution in [-0.2, 0) is 10.5 Å². The molecular weight excluding hydrogens is 354 g/mol. The van der Waals surface area contributed by atoms with E-state index in [0.29, 0.717) is 18.8 Å². The number of azo groups is 1. The molecule has 4 rings (SSSR count).